The third kappa shape index (κ3) is 16.7. The van der Waals surface area contributed by atoms with E-state index >= 15 is 0 Å². The Hall–Kier alpha value is 0.660. The van der Waals surface area contributed by atoms with E-state index in [1.54, 1.807) is 0 Å². The van der Waals surface area contributed by atoms with E-state index in [0.29, 0.717) is 6.61 Å². The summed E-state index contributed by atoms with van der Waals surface area (Å²) in [4.78, 5) is 0. The molecule has 18 heavy (non-hydrogen) atoms. The van der Waals surface area contributed by atoms with Crippen molar-refractivity contribution in [3.8, 4) is 0 Å². The lowest BCUT2D eigenvalue weighted by atomic mass is 10.0. The largest absolute Gasteiger partial charge is 0.396 e. The molecule has 0 fully saturated rings. The minimum Gasteiger partial charge on any atom is -0.396 e. The first-order valence-corrected chi connectivity index (χ1v) is 10.1. The van der Waals surface area contributed by atoms with Gasteiger partial charge in [0.15, 0.2) is 0 Å². The fourth-order valence-corrected chi connectivity index (χ4v) is 4.11. The molecule has 0 aromatic carbocycles. The minimum atomic E-state index is 0.360. The van der Waals surface area contributed by atoms with Crippen molar-refractivity contribution in [3.63, 3.8) is 0 Å². The average Bonchev–Trinajstić information content (AvgIpc) is 2.34. The molecule has 110 valence electrons. The quantitative estimate of drug-likeness (QED) is 0.336. The highest BCUT2D eigenvalue weighted by molar-refractivity contribution is 8.76. The van der Waals surface area contributed by atoms with Gasteiger partial charge in [-0.25, -0.2) is 0 Å². The van der Waals surface area contributed by atoms with Crippen LogP contribution < -0.4 is 0 Å². The molecule has 0 aromatic rings. The topological polar surface area (TPSA) is 20.2 Å². The Bertz CT molecular complexity index is 151. The Morgan fingerprint density at radius 3 is 1.72 bits per heavy atom. The van der Waals surface area contributed by atoms with Gasteiger partial charge >= 0.3 is 0 Å². The van der Waals surface area contributed by atoms with E-state index in [1.165, 1.54) is 62.9 Å². The molecular weight excluding hydrogens is 260 g/mol. The van der Waals surface area contributed by atoms with Crippen molar-refractivity contribution < 1.29 is 5.11 Å². The molecule has 1 N–H and O–H groups in total. The molecule has 0 rings (SSSR count). The molecular formula is C15H32OS2. The average molecular weight is 293 g/mol. The Kier molecular flexibility index (Phi) is 16.3. The van der Waals surface area contributed by atoms with E-state index in [2.05, 4.69) is 13.8 Å². The summed E-state index contributed by atoms with van der Waals surface area (Å²) in [7, 11) is 4.08. The van der Waals surface area contributed by atoms with Crippen LogP contribution in [0.25, 0.3) is 0 Å². The first-order valence-electron chi connectivity index (χ1n) is 7.62. The molecule has 0 aliphatic rings. The predicted octanol–water partition coefficient (Wildman–Crippen LogP) is 5.53. The summed E-state index contributed by atoms with van der Waals surface area (Å²) in [6, 6.07) is 0. The Balaban J connectivity index is 2.90. The first-order chi connectivity index (χ1) is 8.77. The smallest absolute Gasteiger partial charge is 0.0431 e. The summed E-state index contributed by atoms with van der Waals surface area (Å²) < 4.78 is 0. The summed E-state index contributed by atoms with van der Waals surface area (Å²) in [5.74, 6) is 3.48. The van der Waals surface area contributed by atoms with Gasteiger partial charge in [0.2, 0.25) is 0 Å². The van der Waals surface area contributed by atoms with Crippen molar-refractivity contribution in [2.45, 2.75) is 71.6 Å². The summed E-state index contributed by atoms with van der Waals surface area (Å²) in [6.45, 7) is 4.98. The molecule has 0 bridgehead atoms. The van der Waals surface area contributed by atoms with Gasteiger partial charge in [0.1, 0.15) is 0 Å². The molecule has 0 spiro atoms. The molecule has 0 unspecified atom stereocenters. The maximum atomic E-state index is 8.65. The Morgan fingerprint density at radius 1 is 0.722 bits per heavy atom. The van der Waals surface area contributed by atoms with E-state index in [-0.39, 0.29) is 0 Å². The number of hydrogen-bond donors (Lipinski definition) is 1. The Morgan fingerprint density at radius 2 is 1.22 bits per heavy atom. The lowest BCUT2D eigenvalue weighted by molar-refractivity contribution is 0.283. The van der Waals surface area contributed by atoms with Gasteiger partial charge in [-0.1, -0.05) is 74.0 Å². The number of hydrogen-bond acceptors (Lipinski definition) is 3. The highest BCUT2D eigenvalue weighted by atomic mass is 33.1. The first kappa shape index (κ1) is 18.7. The van der Waals surface area contributed by atoms with Gasteiger partial charge in [0.05, 0.1) is 0 Å². The maximum Gasteiger partial charge on any atom is 0.0431 e. The zero-order valence-electron chi connectivity index (χ0n) is 12.3. The van der Waals surface area contributed by atoms with E-state index in [0.717, 1.165) is 12.3 Å². The molecule has 0 aliphatic heterocycles. The van der Waals surface area contributed by atoms with Crippen molar-refractivity contribution in [3.05, 3.63) is 0 Å². The molecule has 0 radical (unpaired) electrons. The van der Waals surface area contributed by atoms with Crippen LogP contribution in [-0.4, -0.2) is 23.2 Å². The van der Waals surface area contributed by atoms with Crippen LogP contribution >= 0.6 is 21.6 Å². The number of rotatable bonds is 14. The maximum absolute atomic E-state index is 8.65. The van der Waals surface area contributed by atoms with Gasteiger partial charge in [0, 0.05) is 18.1 Å². The molecule has 0 atom stereocenters. The molecule has 3 heteroatoms. The zero-order valence-corrected chi connectivity index (χ0v) is 14.0. The standard InChI is InChI=1S/C15H32OS2/c1-15(2)11-7-3-5-9-13-17-18-14-10-6-4-8-12-16/h15-16H,3-14H2,1-2H3. The third-order valence-corrected chi connectivity index (χ3v) is 5.56. The second kappa shape index (κ2) is 15.7. The van der Waals surface area contributed by atoms with Crippen molar-refractivity contribution in [1.29, 1.82) is 0 Å². The summed E-state index contributed by atoms with van der Waals surface area (Å²) >= 11 is 0. The minimum absolute atomic E-state index is 0.360. The molecule has 0 saturated carbocycles. The van der Waals surface area contributed by atoms with Crippen LogP contribution in [0.5, 0.6) is 0 Å². The lowest BCUT2D eigenvalue weighted by Gasteiger charge is -2.04. The van der Waals surface area contributed by atoms with Crippen LogP contribution in [0, 0.1) is 5.92 Å². The van der Waals surface area contributed by atoms with Crippen molar-refractivity contribution in [2.24, 2.45) is 5.92 Å². The van der Waals surface area contributed by atoms with Crippen molar-refractivity contribution >= 4 is 21.6 Å². The summed E-state index contributed by atoms with van der Waals surface area (Å²) in [5.41, 5.74) is 0. The van der Waals surface area contributed by atoms with E-state index in [4.69, 9.17) is 5.11 Å². The van der Waals surface area contributed by atoms with Gasteiger partial charge in [-0.05, 0) is 25.2 Å². The summed E-state index contributed by atoms with van der Waals surface area (Å²) in [6.07, 6.45) is 11.8. The van der Waals surface area contributed by atoms with Gasteiger partial charge in [-0.3, -0.25) is 0 Å². The second-order valence-electron chi connectivity index (χ2n) is 5.38. The normalized spacial score (nSPS) is 11.3. The van der Waals surface area contributed by atoms with E-state index in [9.17, 15) is 0 Å². The predicted molar refractivity (Wildman–Crippen MR) is 88.4 cm³/mol. The summed E-state index contributed by atoms with van der Waals surface area (Å²) in [5, 5.41) is 8.65. The van der Waals surface area contributed by atoms with Crippen LogP contribution in [0.2, 0.25) is 0 Å². The van der Waals surface area contributed by atoms with E-state index in [1.807, 2.05) is 21.6 Å². The highest BCUT2D eigenvalue weighted by Gasteiger charge is 1.96. The van der Waals surface area contributed by atoms with Gasteiger partial charge in [-0.15, -0.1) is 0 Å². The fourth-order valence-electron chi connectivity index (χ4n) is 1.81. The molecule has 0 aromatic heterocycles. The monoisotopic (exact) mass is 292 g/mol. The van der Waals surface area contributed by atoms with Crippen LogP contribution in [0.15, 0.2) is 0 Å². The zero-order chi connectivity index (χ0) is 13.5. The Labute approximate surface area is 122 Å². The van der Waals surface area contributed by atoms with Crippen LogP contribution in [0.1, 0.15) is 71.6 Å². The van der Waals surface area contributed by atoms with Crippen molar-refractivity contribution in [2.75, 3.05) is 18.1 Å². The number of unbranched alkanes of at least 4 members (excludes halogenated alkanes) is 6. The van der Waals surface area contributed by atoms with Gasteiger partial charge < -0.3 is 5.11 Å². The molecule has 0 saturated heterocycles. The van der Waals surface area contributed by atoms with Gasteiger partial charge in [-0.2, -0.15) is 0 Å². The molecule has 0 aliphatic carbocycles. The number of aliphatic hydroxyl groups is 1. The lowest BCUT2D eigenvalue weighted by Crippen LogP contribution is -1.87. The SMILES string of the molecule is CC(C)CCCCCCSSCCCCCCO. The third-order valence-electron chi connectivity index (χ3n) is 2.98. The number of aliphatic hydroxyl groups excluding tert-OH is 1. The van der Waals surface area contributed by atoms with Gasteiger partial charge in [0.25, 0.3) is 0 Å². The fraction of sp³-hybridized carbons (Fsp3) is 1.00. The van der Waals surface area contributed by atoms with Crippen LogP contribution in [0.3, 0.4) is 0 Å². The molecule has 0 heterocycles. The van der Waals surface area contributed by atoms with E-state index < -0.39 is 0 Å². The highest BCUT2D eigenvalue weighted by Crippen LogP contribution is 2.24. The van der Waals surface area contributed by atoms with Crippen molar-refractivity contribution in [1.82, 2.24) is 0 Å². The molecule has 0 amide bonds. The second-order valence-corrected chi connectivity index (χ2v) is 8.08. The van der Waals surface area contributed by atoms with Crippen LogP contribution in [0.4, 0.5) is 0 Å². The molecule has 1 nitrogen and oxygen atoms in total. The van der Waals surface area contributed by atoms with Crippen LogP contribution in [-0.2, 0) is 0 Å².